The Morgan fingerprint density at radius 3 is 2.36 bits per heavy atom. The lowest BCUT2D eigenvalue weighted by molar-refractivity contribution is 0.0600. The average molecular weight is 375 g/mol. The van der Waals surface area contributed by atoms with E-state index < -0.39 is 5.97 Å². The predicted octanol–water partition coefficient (Wildman–Crippen LogP) is 4.10. The Morgan fingerprint density at radius 2 is 1.68 bits per heavy atom. The van der Waals surface area contributed by atoms with Crippen LogP contribution in [0.3, 0.4) is 0 Å². The van der Waals surface area contributed by atoms with Crippen molar-refractivity contribution in [3.8, 4) is 0 Å². The van der Waals surface area contributed by atoms with Crippen molar-refractivity contribution in [3.05, 3.63) is 89.6 Å². The van der Waals surface area contributed by atoms with Gasteiger partial charge in [0.1, 0.15) is 5.82 Å². The van der Waals surface area contributed by atoms with Crippen LogP contribution in [-0.4, -0.2) is 24.0 Å². The maximum Gasteiger partial charge on any atom is 0.337 e. The van der Waals surface area contributed by atoms with Gasteiger partial charge >= 0.3 is 5.97 Å². The second kappa shape index (κ2) is 8.81. The van der Waals surface area contributed by atoms with Crippen LogP contribution in [0.25, 0.3) is 0 Å². The van der Waals surface area contributed by atoms with Crippen molar-refractivity contribution >= 4 is 23.4 Å². The van der Waals surface area contributed by atoms with Crippen molar-refractivity contribution in [3.63, 3.8) is 0 Å². The molecule has 0 spiro atoms. The third-order valence-electron chi connectivity index (χ3n) is 4.25. The molecule has 0 saturated carbocycles. The van der Waals surface area contributed by atoms with E-state index in [4.69, 9.17) is 0 Å². The number of carbonyl (C=O) groups excluding carboxylic acids is 2. The highest BCUT2D eigenvalue weighted by Gasteiger charge is 2.12. The number of ether oxygens (including phenoxy) is 1. The standard InChI is InChI=1S/C22H21N3O3/c1-15(16-6-4-3-5-7-16)24-21(26)18-12-13-23-20(14-18)25-19-10-8-17(9-11-19)22(27)28-2/h3-15H,1-2H3,(H,23,25)(H,24,26). The Bertz CT molecular complexity index is 956. The first-order chi connectivity index (χ1) is 13.6. The molecule has 3 rings (SSSR count). The number of esters is 1. The number of hydrogen-bond donors (Lipinski definition) is 2. The monoisotopic (exact) mass is 375 g/mol. The van der Waals surface area contributed by atoms with Crippen LogP contribution >= 0.6 is 0 Å². The molecule has 28 heavy (non-hydrogen) atoms. The van der Waals surface area contributed by atoms with Gasteiger partial charge < -0.3 is 15.4 Å². The number of carbonyl (C=O) groups is 2. The molecule has 0 saturated heterocycles. The molecule has 0 aliphatic rings. The van der Waals surface area contributed by atoms with E-state index in [9.17, 15) is 9.59 Å². The third kappa shape index (κ3) is 4.73. The van der Waals surface area contributed by atoms with E-state index in [1.54, 1.807) is 42.6 Å². The number of pyridine rings is 1. The number of aromatic nitrogens is 1. The molecule has 2 aromatic carbocycles. The predicted molar refractivity (Wildman–Crippen MR) is 108 cm³/mol. The molecule has 1 atom stereocenters. The summed E-state index contributed by atoms with van der Waals surface area (Å²) in [5.41, 5.74) is 2.75. The first kappa shape index (κ1) is 19.1. The van der Waals surface area contributed by atoms with Crippen LogP contribution in [0.4, 0.5) is 11.5 Å². The highest BCUT2D eigenvalue weighted by atomic mass is 16.5. The number of nitrogens with zero attached hydrogens (tertiary/aromatic N) is 1. The third-order valence-corrected chi connectivity index (χ3v) is 4.25. The normalized spacial score (nSPS) is 11.4. The number of nitrogens with one attached hydrogen (secondary N) is 2. The Labute approximate surface area is 163 Å². The molecule has 142 valence electrons. The van der Waals surface area contributed by atoms with Crippen molar-refractivity contribution < 1.29 is 14.3 Å². The van der Waals surface area contributed by atoms with E-state index in [2.05, 4.69) is 20.4 Å². The zero-order valence-corrected chi connectivity index (χ0v) is 15.7. The minimum absolute atomic E-state index is 0.107. The summed E-state index contributed by atoms with van der Waals surface area (Å²) in [6.07, 6.45) is 1.58. The highest BCUT2D eigenvalue weighted by Crippen LogP contribution is 2.18. The van der Waals surface area contributed by atoms with E-state index in [1.807, 2.05) is 37.3 Å². The van der Waals surface area contributed by atoms with E-state index in [-0.39, 0.29) is 11.9 Å². The molecule has 6 heteroatoms. The average Bonchev–Trinajstić information content (AvgIpc) is 2.74. The van der Waals surface area contributed by atoms with Crippen LogP contribution < -0.4 is 10.6 Å². The summed E-state index contributed by atoms with van der Waals surface area (Å²) in [7, 11) is 1.34. The minimum atomic E-state index is -0.393. The van der Waals surface area contributed by atoms with Crippen molar-refractivity contribution in [2.75, 3.05) is 12.4 Å². The molecule has 0 radical (unpaired) electrons. The van der Waals surface area contributed by atoms with Gasteiger partial charge in [-0.05, 0) is 48.9 Å². The van der Waals surface area contributed by atoms with Crippen LogP contribution in [0.5, 0.6) is 0 Å². The van der Waals surface area contributed by atoms with Crippen LogP contribution in [0.1, 0.15) is 39.2 Å². The summed E-state index contributed by atoms with van der Waals surface area (Å²) in [5, 5.41) is 6.11. The summed E-state index contributed by atoms with van der Waals surface area (Å²) >= 11 is 0. The fourth-order valence-corrected chi connectivity index (χ4v) is 2.70. The number of amides is 1. The van der Waals surface area contributed by atoms with Gasteiger partial charge in [0.05, 0.1) is 18.7 Å². The van der Waals surface area contributed by atoms with Gasteiger partial charge in [-0.25, -0.2) is 9.78 Å². The Kier molecular flexibility index (Phi) is 6.01. The van der Waals surface area contributed by atoms with Crippen LogP contribution in [0, 0.1) is 0 Å². The molecule has 6 nitrogen and oxygen atoms in total. The Hall–Kier alpha value is -3.67. The van der Waals surface area contributed by atoms with Gasteiger partial charge in [-0.1, -0.05) is 30.3 Å². The summed E-state index contributed by atoms with van der Waals surface area (Å²) < 4.78 is 4.68. The van der Waals surface area contributed by atoms with Crippen LogP contribution in [0.2, 0.25) is 0 Å². The quantitative estimate of drug-likeness (QED) is 0.634. The molecule has 0 aliphatic carbocycles. The molecule has 1 amide bonds. The minimum Gasteiger partial charge on any atom is -0.465 e. The van der Waals surface area contributed by atoms with Crippen LogP contribution in [0.15, 0.2) is 72.9 Å². The van der Waals surface area contributed by atoms with Gasteiger partial charge in [0.25, 0.3) is 5.91 Å². The molecule has 3 aromatic rings. The highest BCUT2D eigenvalue weighted by molar-refractivity contribution is 5.95. The molecule has 1 heterocycles. The van der Waals surface area contributed by atoms with E-state index in [0.29, 0.717) is 16.9 Å². The number of hydrogen-bond acceptors (Lipinski definition) is 5. The van der Waals surface area contributed by atoms with Crippen molar-refractivity contribution in [2.45, 2.75) is 13.0 Å². The summed E-state index contributed by atoms with van der Waals surface area (Å²) in [6, 6.07) is 19.8. The summed E-state index contributed by atoms with van der Waals surface area (Å²) in [4.78, 5) is 28.3. The molecule has 0 fully saturated rings. The maximum absolute atomic E-state index is 12.6. The molecular formula is C22H21N3O3. The van der Waals surface area contributed by atoms with E-state index >= 15 is 0 Å². The van der Waals surface area contributed by atoms with E-state index in [1.165, 1.54) is 7.11 Å². The fraction of sp³-hybridized carbons (Fsp3) is 0.136. The lowest BCUT2D eigenvalue weighted by atomic mass is 10.1. The number of rotatable bonds is 6. The number of anilines is 2. The topological polar surface area (TPSA) is 80.3 Å². The number of benzene rings is 2. The molecule has 0 aliphatic heterocycles. The largest absolute Gasteiger partial charge is 0.465 e. The molecular weight excluding hydrogens is 354 g/mol. The van der Waals surface area contributed by atoms with Gasteiger partial charge in [-0.2, -0.15) is 0 Å². The molecule has 1 aromatic heterocycles. The molecule has 0 bridgehead atoms. The number of methoxy groups -OCH3 is 1. The Balaban J connectivity index is 1.68. The van der Waals surface area contributed by atoms with Crippen molar-refractivity contribution in [1.29, 1.82) is 0 Å². The SMILES string of the molecule is COC(=O)c1ccc(Nc2cc(C(=O)NC(C)c3ccccc3)ccn2)cc1. The van der Waals surface area contributed by atoms with Gasteiger partial charge in [0.15, 0.2) is 0 Å². The lowest BCUT2D eigenvalue weighted by Crippen LogP contribution is -2.26. The maximum atomic E-state index is 12.6. The smallest absolute Gasteiger partial charge is 0.337 e. The lowest BCUT2D eigenvalue weighted by Gasteiger charge is -2.14. The second-order valence-corrected chi connectivity index (χ2v) is 6.23. The van der Waals surface area contributed by atoms with Crippen molar-refractivity contribution in [2.24, 2.45) is 0 Å². The second-order valence-electron chi connectivity index (χ2n) is 6.23. The molecule has 2 N–H and O–H groups in total. The molecule has 1 unspecified atom stereocenters. The van der Waals surface area contributed by atoms with Crippen LogP contribution in [-0.2, 0) is 4.74 Å². The van der Waals surface area contributed by atoms with Gasteiger partial charge in [-0.3, -0.25) is 4.79 Å². The zero-order valence-electron chi connectivity index (χ0n) is 15.7. The Morgan fingerprint density at radius 1 is 0.964 bits per heavy atom. The van der Waals surface area contributed by atoms with E-state index in [0.717, 1.165) is 11.3 Å². The van der Waals surface area contributed by atoms with Gasteiger partial charge in [0.2, 0.25) is 0 Å². The van der Waals surface area contributed by atoms with Crippen molar-refractivity contribution in [1.82, 2.24) is 10.3 Å². The van der Waals surface area contributed by atoms with Gasteiger partial charge in [-0.15, -0.1) is 0 Å². The fourth-order valence-electron chi connectivity index (χ4n) is 2.70. The summed E-state index contributed by atoms with van der Waals surface area (Å²) in [6.45, 7) is 1.94. The summed E-state index contributed by atoms with van der Waals surface area (Å²) in [5.74, 6) is -0.0375. The van der Waals surface area contributed by atoms with Gasteiger partial charge in [0, 0.05) is 17.4 Å². The first-order valence-corrected chi connectivity index (χ1v) is 8.84. The zero-order chi connectivity index (χ0) is 19.9. The first-order valence-electron chi connectivity index (χ1n) is 8.84.